The molecule has 1 fully saturated rings. The number of hydrogen-bond donors (Lipinski definition) is 1. The number of nitrogens with one attached hydrogen (secondary N) is 1. The Balaban J connectivity index is 3.36. The Morgan fingerprint density at radius 3 is 1.91 bits per heavy atom. The largest absolute Gasteiger partial charge is 0.463 e. The van der Waals surface area contributed by atoms with Crippen molar-refractivity contribution >= 4 is 41.5 Å². The van der Waals surface area contributed by atoms with Gasteiger partial charge in [0, 0.05) is 33.6 Å². The number of urea groups is 1. The third-order valence-electron chi connectivity index (χ3n) is 3.89. The van der Waals surface area contributed by atoms with E-state index in [4.69, 9.17) is 35.3 Å². The predicted molar refractivity (Wildman–Crippen MR) is 104 cm³/mol. The first-order chi connectivity index (χ1) is 15.0. The molecule has 1 saturated heterocycles. The molecule has 0 unspecified atom stereocenters. The van der Waals surface area contributed by atoms with E-state index in [9.17, 15) is 28.9 Å². The van der Waals surface area contributed by atoms with Crippen LogP contribution in [0.3, 0.4) is 0 Å². The fraction of sp³-hybridized carbons (Fsp3) is 0.706. The minimum Gasteiger partial charge on any atom is -0.463 e. The molecule has 0 aliphatic carbocycles. The van der Waals surface area contributed by atoms with Crippen molar-refractivity contribution in [2.45, 2.75) is 58.3 Å². The second kappa shape index (κ2) is 12.8. The van der Waals surface area contributed by atoms with Crippen molar-refractivity contribution in [2.24, 2.45) is 5.29 Å². The molecule has 2 amide bonds. The van der Waals surface area contributed by atoms with E-state index in [2.05, 4.69) is 10.6 Å². The first kappa shape index (κ1) is 27.0. The number of hydrogen-bond acceptors (Lipinski definition) is 12. The first-order valence-electron chi connectivity index (χ1n) is 9.27. The number of rotatable bonds is 9. The maximum atomic E-state index is 12.4. The molecule has 0 radical (unpaired) electrons. The molecule has 14 nitrogen and oxygen atoms in total. The summed E-state index contributed by atoms with van der Waals surface area (Å²) in [6.45, 7) is 3.57. The Kier molecular flexibility index (Phi) is 10.8. The molecule has 180 valence electrons. The number of amides is 2. The van der Waals surface area contributed by atoms with Gasteiger partial charge >= 0.3 is 29.9 Å². The van der Waals surface area contributed by atoms with E-state index in [1.165, 1.54) is 0 Å². The van der Waals surface area contributed by atoms with Crippen molar-refractivity contribution in [1.29, 1.82) is 0 Å². The van der Waals surface area contributed by atoms with Gasteiger partial charge in [0.05, 0.1) is 11.8 Å². The van der Waals surface area contributed by atoms with Crippen molar-refractivity contribution in [1.82, 2.24) is 10.3 Å². The Morgan fingerprint density at radius 2 is 1.44 bits per heavy atom. The van der Waals surface area contributed by atoms with Gasteiger partial charge in [-0.3, -0.25) is 19.2 Å². The number of esters is 4. The molecule has 1 heterocycles. The van der Waals surface area contributed by atoms with Crippen LogP contribution in [-0.4, -0.2) is 84.6 Å². The maximum absolute atomic E-state index is 12.4. The first-order valence-corrected chi connectivity index (χ1v) is 9.81. The van der Waals surface area contributed by atoms with Crippen molar-refractivity contribution in [3.63, 3.8) is 0 Å². The van der Waals surface area contributed by atoms with Gasteiger partial charge in [0.1, 0.15) is 12.7 Å². The highest BCUT2D eigenvalue weighted by molar-refractivity contribution is 6.18. The van der Waals surface area contributed by atoms with Gasteiger partial charge in [-0.1, -0.05) is 0 Å². The Labute approximate surface area is 187 Å². The highest BCUT2D eigenvalue weighted by Gasteiger charge is 2.52. The predicted octanol–water partition coefficient (Wildman–Crippen LogP) is 0.00130. The van der Waals surface area contributed by atoms with E-state index >= 15 is 0 Å². The lowest BCUT2D eigenvalue weighted by molar-refractivity contribution is -0.255. The zero-order chi connectivity index (χ0) is 24.4. The average Bonchev–Trinajstić information content (AvgIpc) is 2.67. The molecular formula is C17H24ClN3O11. The Morgan fingerprint density at radius 1 is 0.906 bits per heavy atom. The Hall–Kier alpha value is -3.00. The minimum absolute atomic E-state index is 0.113. The zero-order valence-electron chi connectivity index (χ0n) is 17.8. The van der Waals surface area contributed by atoms with Crippen molar-refractivity contribution in [3.8, 4) is 0 Å². The van der Waals surface area contributed by atoms with Gasteiger partial charge in [-0.2, -0.15) is 5.01 Å². The van der Waals surface area contributed by atoms with Crippen LogP contribution in [-0.2, 0) is 42.9 Å². The second-order valence-corrected chi connectivity index (χ2v) is 6.84. The lowest BCUT2D eigenvalue weighted by Gasteiger charge is -2.44. The van der Waals surface area contributed by atoms with Crippen LogP contribution in [0.4, 0.5) is 4.79 Å². The summed E-state index contributed by atoms with van der Waals surface area (Å²) in [6, 6.07) is -1.07. The summed E-state index contributed by atoms with van der Waals surface area (Å²) in [6.07, 6.45) is -7.14. The third kappa shape index (κ3) is 8.26. The molecule has 0 aromatic carbocycles. The summed E-state index contributed by atoms with van der Waals surface area (Å²) in [5.74, 6) is -3.29. The zero-order valence-corrected chi connectivity index (χ0v) is 18.5. The smallest absolute Gasteiger partial charge is 0.342 e. The van der Waals surface area contributed by atoms with Crippen LogP contribution in [0.2, 0.25) is 0 Å². The summed E-state index contributed by atoms with van der Waals surface area (Å²) in [7, 11) is 0. The van der Waals surface area contributed by atoms with E-state index in [0.717, 1.165) is 27.7 Å². The Bertz CT molecular complexity index is 735. The molecule has 1 aliphatic rings. The molecule has 1 aliphatic heterocycles. The van der Waals surface area contributed by atoms with Gasteiger partial charge in [-0.05, 0) is 0 Å². The molecule has 5 atom stereocenters. The minimum atomic E-state index is -1.53. The number of carbonyl (C=O) groups excluding carboxylic acids is 5. The fourth-order valence-electron chi connectivity index (χ4n) is 2.80. The summed E-state index contributed by atoms with van der Waals surface area (Å²) >= 11 is 5.53. The highest BCUT2D eigenvalue weighted by Crippen LogP contribution is 2.28. The van der Waals surface area contributed by atoms with Crippen LogP contribution < -0.4 is 5.32 Å². The lowest BCUT2D eigenvalue weighted by atomic mass is 9.97. The van der Waals surface area contributed by atoms with Crippen molar-refractivity contribution < 1.29 is 47.7 Å². The van der Waals surface area contributed by atoms with E-state index in [1.807, 2.05) is 0 Å². The molecule has 0 aromatic heterocycles. The van der Waals surface area contributed by atoms with Gasteiger partial charge < -0.3 is 29.0 Å². The molecule has 15 heteroatoms. The molecule has 0 saturated carbocycles. The van der Waals surface area contributed by atoms with Crippen LogP contribution in [0.5, 0.6) is 0 Å². The monoisotopic (exact) mass is 481 g/mol. The highest BCUT2D eigenvalue weighted by atomic mass is 35.5. The number of carbonyl (C=O) groups is 5. The normalized spacial score (nSPS) is 24.5. The molecule has 32 heavy (non-hydrogen) atoms. The summed E-state index contributed by atoms with van der Waals surface area (Å²) in [5, 5.41) is 5.24. The van der Waals surface area contributed by atoms with Crippen LogP contribution in [0.1, 0.15) is 27.7 Å². The summed E-state index contributed by atoms with van der Waals surface area (Å²) in [4.78, 5) is 69.6. The average molecular weight is 482 g/mol. The third-order valence-corrected chi connectivity index (χ3v) is 4.05. The fourth-order valence-corrected chi connectivity index (χ4v) is 2.96. The molecule has 1 N–H and O–H groups in total. The van der Waals surface area contributed by atoms with Crippen LogP contribution in [0.15, 0.2) is 5.29 Å². The molecule has 0 aromatic rings. The van der Waals surface area contributed by atoms with Crippen molar-refractivity contribution in [2.75, 3.05) is 19.0 Å². The molecule has 1 rings (SSSR count). The van der Waals surface area contributed by atoms with Gasteiger partial charge in [-0.25, -0.2) is 4.79 Å². The number of alkyl halides is 1. The van der Waals surface area contributed by atoms with Gasteiger partial charge in [0.2, 0.25) is 0 Å². The van der Waals surface area contributed by atoms with E-state index in [-0.39, 0.29) is 12.4 Å². The van der Waals surface area contributed by atoms with E-state index in [0.29, 0.717) is 5.01 Å². The number of nitrogens with zero attached hydrogens (tertiary/aromatic N) is 2. The SMILES string of the molecule is CC(=O)OC[C@@H]1O[C@H](NC(=O)N(CCCl)N=O)[C@@H](OC(C)=O)[C@@H](OC(C)=O)[C@H]1OC(C)=O. The standard InChI is InChI=1S/C17H24ClN3O11/c1-8(22)28-7-12-13(29-9(2)23)14(30-10(3)24)15(31-11(4)25)16(32-12)19-17(26)21(20-27)6-5-18/h12-16H,5-7H2,1-4H3,(H,19,26)/t12-,13-,14-,15-,16-/m0/s1. The van der Waals surface area contributed by atoms with Crippen LogP contribution in [0.25, 0.3) is 0 Å². The maximum Gasteiger partial charge on any atom is 0.342 e. The molecule has 0 bridgehead atoms. The topological polar surface area (TPSA) is 176 Å². The lowest BCUT2D eigenvalue weighted by Crippen LogP contribution is -2.66. The quantitative estimate of drug-likeness (QED) is 0.154. The van der Waals surface area contributed by atoms with Crippen LogP contribution in [0, 0.1) is 4.91 Å². The number of nitroso groups, excluding NO2 is 1. The van der Waals surface area contributed by atoms with Crippen LogP contribution >= 0.6 is 11.6 Å². The van der Waals surface area contributed by atoms with E-state index in [1.54, 1.807) is 0 Å². The van der Waals surface area contributed by atoms with E-state index < -0.39 is 67.2 Å². The number of halogens is 1. The molecule has 0 spiro atoms. The van der Waals surface area contributed by atoms with Crippen molar-refractivity contribution in [3.05, 3.63) is 4.91 Å². The van der Waals surface area contributed by atoms with Gasteiger partial charge in [0.15, 0.2) is 24.5 Å². The molecular weight excluding hydrogens is 458 g/mol. The second-order valence-electron chi connectivity index (χ2n) is 6.46. The number of ether oxygens (including phenoxy) is 5. The van der Waals surface area contributed by atoms with Gasteiger partial charge in [-0.15, -0.1) is 16.5 Å². The summed E-state index contributed by atoms with van der Waals surface area (Å²) < 4.78 is 26.1. The van der Waals surface area contributed by atoms with Gasteiger partial charge in [0.25, 0.3) is 0 Å². The summed E-state index contributed by atoms with van der Waals surface area (Å²) in [5.41, 5.74) is 0.